The molecule has 0 aromatic rings. The third-order valence-electron chi connectivity index (χ3n) is 3.94. The Kier molecular flexibility index (Phi) is 4.66. The van der Waals surface area contributed by atoms with Gasteiger partial charge in [-0.25, -0.2) is 4.79 Å². The lowest BCUT2D eigenvalue weighted by Gasteiger charge is -2.33. The maximum Gasteiger partial charge on any atom is 0.320 e. The van der Waals surface area contributed by atoms with E-state index >= 15 is 0 Å². The molecule has 4 nitrogen and oxygen atoms in total. The molecule has 0 aromatic carbocycles. The Hall–Kier alpha value is -0.770. The zero-order chi connectivity index (χ0) is 12.1. The normalized spacial score (nSPS) is 25.7. The number of amides is 2. The number of carbonyl (C=O) groups excluding carboxylic acids is 1. The summed E-state index contributed by atoms with van der Waals surface area (Å²) in [5.41, 5.74) is 0. The highest BCUT2D eigenvalue weighted by atomic mass is 16.2. The van der Waals surface area contributed by atoms with Gasteiger partial charge in [-0.3, -0.25) is 0 Å². The minimum absolute atomic E-state index is 0.267. The number of carbonyl (C=O) groups is 1. The van der Waals surface area contributed by atoms with Gasteiger partial charge in [0.15, 0.2) is 0 Å². The van der Waals surface area contributed by atoms with Crippen LogP contribution in [0, 0.1) is 0 Å². The summed E-state index contributed by atoms with van der Waals surface area (Å²) in [7, 11) is 0. The summed E-state index contributed by atoms with van der Waals surface area (Å²) in [5.74, 6) is 0. The minimum atomic E-state index is 0.267. The lowest BCUT2D eigenvalue weighted by atomic mass is 10.2. The molecule has 1 unspecified atom stereocenters. The molecule has 17 heavy (non-hydrogen) atoms. The smallest absolute Gasteiger partial charge is 0.320 e. The second-order valence-electron chi connectivity index (χ2n) is 5.12. The molecule has 2 aliphatic heterocycles. The first-order valence-electron chi connectivity index (χ1n) is 7.09. The summed E-state index contributed by atoms with van der Waals surface area (Å²) >= 11 is 0. The van der Waals surface area contributed by atoms with Gasteiger partial charge in [-0.05, 0) is 32.7 Å². The van der Waals surface area contributed by atoms with E-state index in [1.165, 1.54) is 25.7 Å². The molecule has 2 fully saturated rings. The molecular formula is C13H25N3O. The Morgan fingerprint density at radius 3 is 2.53 bits per heavy atom. The van der Waals surface area contributed by atoms with Crippen molar-refractivity contribution in [1.29, 1.82) is 0 Å². The first kappa shape index (κ1) is 12.7. The van der Waals surface area contributed by atoms with Crippen molar-refractivity contribution in [2.45, 2.75) is 45.1 Å². The Morgan fingerprint density at radius 1 is 1.29 bits per heavy atom. The topological polar surface area (TPSA) is 35.6 Å². The number of likely N-dealkylation sites (tertiary alicyclic amines) is 1. The van der Waals surface area contributed by atoms with Gasteiger partial charge in [0.2, 0.25) is 0 Å². The van der Waals surface area contributed by atoms with Crippen molar-refractivity contribution in [2.24, 2.45) is 0 Å². The molecule has 0 saturated carbocycles. The maximum atomic E-state index is 12.5. The average molecular weight is 239 g/mol. The van der Waals surface area contributed by atoms with Crippen molar-refractivity contribution in [3.05, 3.63) is 0 Å². The summed E-state index contributed by atoms with van der Waals surface area (Å²) in [6, 6.07) is 0.679. The van der Waals surface area contributed by atoms with E-state index in [4.69, 9.17) is 0 Å². The van der Waals surface area contributed by atoms with Crippen molar-refractivity contribution in [3.8, 4) is 0 Å². The van der Waals surface area contributed by atoms with Gasteiger partial charge in [0, 0.05) is 32.2 Å². The quantitative estimate of drug-likeness (QED) is 0.795. The van der Waals surface area contributed by atoms with Gasteiger partial charge in [0.25, 0.3) is 0 Å². The van der Waals surface area contributed by atoms with Gasteiger partial charge in [-0.1, -0.05) is 12.8 Å². The molecular weight excluding hydrogens is 214 g/mol. The monoisotopic (exact) mass is 239 g/mol. The van der Waals surface area contributed by atoms with Crippen molar-refractivity contribution >= 4 is 6.03 Å². The fourth-order valence-electron chi connectivity index (χ4n) is 2.90. The number of hydrogen-bond donors (Lipinski definition) is 1. The van der Waals surface area contributed by atoms with E-state index in [-0.39, 0.29) is 6.03 Å². The van der Waals surface area contributed by atoms with E-state index < -0.39 is 0 Å². The Morgan fingerprint density at radius 2 is 2.00 bits per heavy atom. The van der Waals surface area contributed by atoms with E-state index in [2.05, 4.69) is 22.0 Å². The summed E-state index contributed by atoms with van der Waals surface area (Å²) < 4.78 is 0. The van der Waals surface area contributed by atoms with Gasteiger partial charge < -0.3 is 15.1 Å². The number of rotatable bonds is 2. The average Bonchev–Trinajstić information content (AvgIpc) is 2.72. The lowest BCUT2D eigenvalue weighted by molar-refractivity contribution is 0.140. The first-order valence-corrected chi connectivity index (χ1v) is 7.09. The molecule has 1 N–H and O–H groups in total. The van der Waals surface area contributed by atoms with Crippen LogP contribution in [-0.2, 0) is 0 Å². The van der Waals surface area contributed by atoms with Gasteiger partial charge in [0.05, 0.1) is 0 Å². The molecule has 0 bridgehead atoms. The number of likely N-dealkylation sites (N-methyl/N-ethyl adjacent to an activating group) is 1. The standard InChI is InChI=1S/C13H25N3O/c1-2-16(12-7-8-14-11-12)13(17)15-9-5-3-4-6-10-15/h12,14H,2-11H2,1H3. The predicted octanol–water partition coefficient (Wildman–Crippen LogP) is 1.67. The van der Waals surface area contributed by atoms with Gasteiger partial charge in [-0.2, -0.15) is 0 Å². The van der Waals surface area contributed by atoms with E-state index in [1.54, 1.807) is 0 Å². The Bertz CT molecular complexity index is 243. The number of hydrogen-bond acceptors (Lipinski definition) is 2. The van der Waals surface area contributed by atoms with Crippen LogP contribution in [0.1, 0.15) is 39.0 Å². The van der Waals surface area contributed by atoms with Crippen LogP contribution in [0.15, 0.2) is 0 Å². The zero-order valence-corrected chi connectivity index (χ0v) is 11.0. The second kappa shape index (κ2) is 6.24. The molecule has 2 rings (SSSR count). The highest BCUT2D eigenvalue weighted by Crippen LogP contribution is 2.15. The number of urea groups is 1. The van der Waals surface area contributed by atoms with E-state index in [1.807, 2.05) is 0 Å². The molecule has 2 heterocycles. The molecule has 4 heteroatoms. The third kappa shape index (κ3) is 3.12. The van der Waals surface area contributed by atoms with Crippen molar-refractivity contribution in [1.82, 2.24) is 15.1 Å². The minimum Gasteiger partial charge on any atom is -0.325 e. The lowest BCUT2D eigenvalue weighted by Crippen LogP contribution is -2.49. The van der Waals surface area contributed by atoms with Crippen molar-refractivity contribution in [3.63, 3.8) is 0 Å². The highest BCUT2D eigenvalue weighted by molar-refractivity contribution is 5.75. The molecule has 0 aliphatic carbocycles. The van der Waals surface area contributed by atoms with Crippen LogP contribution in [-0.4, -0.2) is 54.6 Å². The van der Waals surface area contributed by atoms with Crippen LogP contribution in [0.2, 0.25) is 0 Å². The first-order chi connectivity index (χ1) is 8.33. The molecule has 0 spiro atoms. The third-order valence-corrected chi connectivity index (χ3v) is 3.94. The molecule has 2 saturated heterocycles. The fraction of sp³-hybridized carbons (Fsp3) is 0.923. The number of nitrogens with zero attached hydrogens (tertiary/aromatic N) is 2. The van der Waals surface area contributed by atoms with Crippen LogP contribution >= 0.6 is 0 Å². The van der Waals surface area contributed by atoms with Crippen LogP contribution < -0.4 is 5.32 Å². The van der Waals surface area contributed by atoms with Gasteiger partial charge in [0.1, 0.15) is 0 Å². The molecule has 0 radical (unpaired) electrons. The highest BCUT2D eigenvalue weighted by Gasteiger charge is 2.28. The van der Waals surface area contributed by atoms with Crippen molar-refractivity contribution in [2.75, 3.05) is 32.7 Å². The molecule has 98 valence electrons. The molecule has 0 aromatic heterocycles. The summed E-state index contributed by atoms with van der Waals surface area (Å²) in [6.07, 6.45) is 6.01. The Balaban J connectivity index is 1.94. The van der Waals surface area contributed by atoms with Crippen LogP contribution in [0.3, 0.4) is 0 Å². The molecule has 2 amide bonds. The fourth-order valence-corrected chi connectivity index (χ4v) is 2.90. The summed E-state index contributed by atoms with van der Waals surface area (Å²) in [5, 5.41) is 3.34. The predicted molar refractivity (Wildman–Crippen MR) is 69.1 cm³/mol. The Labute approximate surface area is 104 Å². The van der Waals surface area contributed by atoms with E-state index in [0.717, 1.165) is 39.1 Å². The largest absolute Gasteiger partial charge is 0.325 e. The number of nitrogens with one attached hydrogen (secondary N) is 1. The van der Waals surface area contributed by atoms with Crippen LogP contribution in [0.5, 0.6) is 0 Å². The molecule has 2 aliphatic rings. The van der Waals surface area contributed by atoms with Gasteiger partial charge in [-0.15, -0.1) is 0 Å². The van der Waals surface area contributed by atoms with Gasteiger partial charge >= 0.3 is 6.03 Å². The SMILES string of the molecule is CCN(C(=O)N1CCCCCC1)C1CCNC1. The van der Waals surface area contributed by atoms with Crippen molar-refractivity contribution < 1.29 is 4.79 Å². The maximum absolute atomic E-state index is 12.5. The zero-order valence-electron chi connectivity index (χ0n) is 11.0. The molecule has 1 atom stereocenters. The van der Waals surface area contributed by atoms with E-state index in [9.17, 15) is 4.79 Å². The summed E-state index contributed by atoms with van der Waals surface area (Å²) in [6.45, 7) is 6.85. The van der Waals surface area contributed by atoms with E-state index in [0.29, 0.717) is 6.04 Å². The van der Waals surface area contributed by atoms with Crippen LogP contribution in [0.25, 0.3) is 0 Å². The van der Waals surface area contributed by atoms with Crippen LogP contribution in [0.4, 0.5) is 4.79 Å². The summed E-state index contributed by atoms with van der Waals surface area (Å²) in [4.78, 5) is 16.6. The second-order valence-corrected chi connectivity index (χ2v) is 5.12.